The molecule has 2 aliphatic rings. The first-order valence-corrected chi connectivity index (χ1v) is 6.65. The first-order valence-electron chi connectivity index (χ1n) is 6.65. The number of aliphatic carboxylic acids is 1. The van der Waals surface area contributed by atoms with Crippen molar-refractivity contribution in [1.82, 2.24) is 5.32 Å². The molecule has 1 aromatic rings. The van der Waals surface area contributed by atoms with Crippen molar-refractivity contribution >= 4 is 11.9 Å². The standard InChI is InChI=1S/C15H14FNO4/c16-9-3-1-8(2-4-9)7-17-14(18)12-10-5-6-11(21-10)13(12)15(19)20/h1-6,10-13H,7H2,(H,17,18)(H,19,20)/t10-,11+,12-,13+/m1/s1. The second-order valence-corrected chi connectivity index (χ2v) is 5.18. The Bertz CT molecular complexity index is 598. The number of nitrogens with one attached hydrogen (secondary N) is 1. The summed E-state index contributed by atoms with van der Waals surface area (Å²) in [4.78, 5) is 23.5. The van der Waals surface area contributed by atoms with Gasteiger partial charge in [-0.3, -0.25) is 9.59 Å². The average molecular weight is 291 g/mol. The van der Waals surface area contributed by atoms with Gasteiger partial charge in [0.2, 0.25) is 5.91 Å². The minimum atomic E-state index is -1.03. The lowest BCUT2D eigenvalue weighted by molar-refractivity contribution is -0.146. The SMILES string of the molecule is O=C(O)[C@@H]1[C@H](C(=O)NCc2ccc(F)cc2)[C@H]2C=C[C@@H]1O2. The first-order chi connectivity index (χ1) is 10.1. The molecule has 3 rings (SSSR count). The Morgan fingerprint density at radius 2 is 1.76 bits per heavy atom. The van der Waals surface area contributed by atoms with Crippen molar-refractivity contribution in [2.75, 3.05) is 0 Å². The quantitative estimate of drug-likeness (QED) is 0.814. The molecule has 0 unspecified atom stereocenters. The van der Waals surface area contributed by atoms with Gasteiger partial charge in [-0.05, 0) is 17.7 Å². The zero-order valence-corrected chi connectivity index (χ0v) is 11.0. The third-order valence-electron chi connectivity index (χ3n) is 3.87. The third-order valence-corrected chi connectivity index (χ3v) is 3.87. The molecule has 1 aromatic carbocycles. The van der Waals surface area contributed by atoms with Crippen LogP contribution in [0.4, 0.5) is 4.39 Å². The summed E-state index contributed by atoms with van der Waals surface area (Å²) in [6.07, 6.45) is 2.40. The van der Waals surface area contributed by atoms with E-state index in [1.807, 2.05) is 0 Å². The van der Waals surface area contributed by atoms with E-state index < -0.39 is 30.0 Å². The number of fused-ring (bicyclic) bond motifs is 2. The molecule has 0 saturated carbocycles. The maximum Gasteiger partial charge on any atom is 0.310 e. The third kappa shape index (κ3) is 2.54. The van der Waals surface area contributed by atoms with Crippen molar-refractivity contribution in [2.24, 2.45) is 11.8 Å². The van der Waals surface area contributed by atoms with Crippen molar-refractivity contribution in [2.45, 2.75) is 18.8 Å². The molecule has 4 atom stereocenters. The summed E-state index contributed by atoms with van der Waals surface area (Å²) in [5.41, 5.74) is 0.747. The monoisotopic (exact) mass is 291 g/mol. The predicted molar refractivity (Wildman–Crippen MR) is 70.7 cm³/mol. The molecule has 1 amide bonds. The second kappa shape index (κ2) is 5.29. The fourth-order valence-electron chi connectivity index (χ4n) is 2.82. The molecule has 5 nitrogen and oxygen atoms in total. The van der Waals surface area contributed by atoms with Crippen molar-refractivity contribution in [3.8, 4) is 0 Å². The van der Waals surface area contributed by atoms with Gasteiger partial charge in [-0.2, -0.15) is 0 Å². The van der Waals surface area contributed by atoms with E-state index in [9.17, 15) is 19.1 Å². The Hall–Kier alpha value is -2.21. The van der Waals surface area contributed by atoms with Crippen LogP contribution in [0, 0.1) is 17.7 Å². The molecular formula is C15H14FNO4. The van der Waals surface area contributed by atoms with Gasteiger partial charge in [0.15, 0.2) is 0 Å². The molecule has 2 aliphatic heterocycles. The number of hydrogen-bond donors (Lipinski definition) is 2. The van der Waals surface area contributed by atoms with Gasteiger partial charge in [-0.1, -0.05) is 24.3 Å². The lowest BCUT2D eigenvalue weighted by Gasteiger charge is -2.21. The topological polar surface area (TPSA) is 75.6 Å². The summed E-state index contributed by atoms with van der Waals surface area (Å²) >= 11 is 0. The number of rotatable bonds is 4. The van der Waals surface area contributed by atoms with Crippen molar-refractivity contribution in [1.29, 1.82) is 0 Å². The molecule has 2 bridgehead atoms. The van der Waals surface area contributed by atoms with Crippen molar-refractivity contribution < 1.29 is 23.8 Å². The average Bonchev–Trinajstić information content (AvgIpc) is 3.06. The summed E-state index contributed by atoms with van der Waals surface area (Å²) < 4.78 is 18.2. The van der Waals surface area contributed by atoms with Crippen LogP contribution in [-0.2, 0) is 20.9 Å². The zero-order valence-electron chi connectivity index (χ0n) is 11.0. The summed E-state index contributed by atoms with van der Waals surface area (Å²) in [6, 6.07) is 5.76. The Balaban J connectivity index is 1.66. The first kappa shape index (κ1) is 13.8. The normalized spacial score (nSPS) is 29.6. The molecule has 0 aliphatic carbocycles. The highest BCUT2D eigenvalue weighted by atomic mass is 19.1. The van der Waals surface area contributed by atoms with E-state index >= 15 is 0 Å². The molecule has 1 saturated heterocycles. The van der Waals surface area contributed by atoms with Gasteiger partial charge in [0.25, 0.3) is 0 Å². The van der Waals surface area contributed by atoms with E-state index in [1.54, 1.807) is 24.3 Å². The van der Waals surface area contributed by atoms with Crippen LogP contribution in [0.3, 0.4) is 0 Å². The van der Waals surface area contributed by atoms with Gasteiger partial charge >= 0.3 is 5.97 Å². The van der Waals surface area contributed by atoms with Crippen molar-refractivity contribution in [3.05, 3.63) is 47.8 Å². The molecule has 110 valence electrons. The van der Waals surface area contributed by atoms with E-state index in [2.05, 4.69) is 5.32 Å². The molecule has 0 spiro atoms. The number of carboxylic acids is 1. The van der Waals surface area contributed by atoms with E-state index in [0.717, 1.165) is 5.56 Å². The Morgan fingerprint density at radius 1 is 1.14 bits per heavy atom. The van der Waals surface area contributed by atoms with Crippen LogP contribution in [0.5, 0.6) is 0 Å². The Kier molecular flexibility index (Phi) is 3.47. The van der Waals surface area contributed by atoms with Crippen LogP contribution in [0.1, 0.15) is 5.56 Å². The van der Waals surface area contributed by atoms with Crippen molar-refractivity contribution in [3.63, 3.8) is 0 Å². The molecule has 21 heavy (non-hydrogen) atoms. The number of carbonyl (C=O) groups is 2. The molecule has 0 radical (unpaired) electrons. The Labute approximate surface area is 120 Å². The second-order valence-electron chi connectivity index (χ2n) is 5.18. The molecule has 1 fully saturated rings. The molecule has 6 heteroatoms. The lowest BCUT2D eigenvalue weighted by atomic mass is 9.82. The molecule has 2 N–H and O–H groups in total. The maximum absolute atomic E-state index is 12.8. The zero-order chi connectivity index (χ0) is 15.0. The van der Waals surface area contributed by atoms with E-state index in [0.29, 0.717) is 0 Å². The highest BCUT2D eigenvalue weighted by molar-refractivity contribution is 5.87. The minimum Gasteiger partial charge on any atom is -0.481 e. The number of ether oxygens (including phenoxy) is 1. The maximum atomic E-state index is 12.8. The largest absolute Gasteiger partial charge is 0.481 e. The fourth-order valence-corrected chi connectivity index (χ4v) is 2.82. The van der Waals surface area contributed by atoms with Crippen LogP contribution in [-0.4, -0.2) is 29.2 Å². The van der Waals surface area contributed by atoms with Gasteiger partial charge in [0.1, 0.15) is 11.7 Å². The summed E-state index contributed by atoms with van der Waals surface area (Å²) in [5.74, 6) is -3.31. The highest BCUT2D eigenvalue weighted by Crippen LogP contribution is 2.39. The Morgan fingerprint density at radius 3 is 2.38 bits per heavy atom. The van der Waals surface area contributed by atoms with Gasteiger partial charge in [0, 0.05) is 6.54 Å². The van der Waals surface area contributed by atoms with Gasteiger partial charge in [0.05, 0.1) is 18.1 Å². The van der Waals surface area contributed by atoms with Crippen LogP contribution in [0.25, 0.3) is 0 Å². The van der Waals surface area contributed by atoms with Crippen LogP contribution in [0.2, 0.25) is 0 Å². The highest BCUT2D eigenvalue weighted by Gasteiger charge is 2.53. The smallest absolute Gasteiger partial charge is 0.310 e. The fraction of sp³-hybridized carbons (Fsp3) is 0.333. The van der Waals surface area contributed by atoms with E-state index in [4.69, 9.17) is 4.74 Å². The van der Waals surface area contributed by atoms with Gasteiger partial charge < -0.3 is 15.2 Å². The van der Waals surface area contributed by atoms with E-state index in [1.165, 1.54) is 12.1 Å². The summed E-state index contributed by atoms with van der Waals surface area (Å²) in [5, 5.41) is 11.9. The number of hydrogen-bond acceptors (Lipinski definition) is 3. The molecule has 0 aromatic heterocycles. The summed E-state index contributed by atoms with van der Waals surface area (Å²) in [7, 11) is 0. The number of halogens is 1. The molecule has 2 heterocycles. The van der Waals surface area contributed by atoms with Gasteiger partial charge in [-0.15, -0.1) is 0 Å². The van der Waals surface area contributed by atoms with Crippen LogP contribution >= 0.6 is 0 Å². The number of carbonyl (C=O) groups excluding carboxylic acids is 1. The number of benzene rings is 1. The number of amides is 1. The number of carboxylic acid groups (broad SMARTS) is 1. The van der Waals surface area contributed by atoms with Crippen LogP contribution < -0.4 is 5.32 Å². The van der Waals surface area contributed by atoms with Crippen LogP contribution in [0.15, 0.2) is 36.4 Å². The van der Waals surface area contributed by atoms with E-state index in [-0.39, 0.29) is 18.3 Å². The summed E-state index contributed by atoms with van der Waals surface area (Å²) in [6.45, 7) is 0.225. The lowest BCUT2D eigenvalue weighted by Crippen LogP contribution is -2.42. The molecular weight excluding hydrogens is 277 g/mol. The minimum absolute atomic E-state index is 0.225. The van der Waals surface area contributed by atoms with Gasteiger partial charge in [-0.25, -0.2) is 4.39 Å². The predicted octanol–water partition coefficient (Wildman–Crippen LogP) is 1.10.